The Labute approximate surface area is 203 Å². The SMILES string of the molecule is CCC(C(=O)CN(C(=O)C1CCC(C)CC1)c1cc(C#CC(C)(C)C)sc1C(O)O)C(C)C. The van der Waals surface area contributed by atoms with E-state index >= 15 is 0 Å². The van der Waals surface area contributed by atoms with Crippen molar-refractivity contribution in [2.45, 2.75) is 86.9 Å². The molecule has 2 N–H and O–H groups in total. The van der Waals surface area contributed by atoms with E-state index in [4.69, 9.17) is 0 Å². The van der Waals surface area contributed by atoms with Gasteiger partial charge in [-0.05, 0) is 70.8 Å². The highest BCUT2D eigenvalue weighted by Gasteiger charge is 2.34. The lowest BCUT2D eigenvalue weighted by Gasteiger charge is -2.32. The van der Waals surface area contributed by atoms with E-state index in [-0.39, 0.29) is 46.3 Å². The topological polar surface area (TPSA) is 77.8 Å². The summed E-state index contributed by atoms with van der Waals surface area (Å²) < 4.78 is 0. The van der Waals surface area contributed by atoms with Gasteiger partial charge in [0.25, 0.3) is 0 Å². The van der Waals surface area contributed by atoms with Crippen molar-refractivity contribution >= 4 is 28.7 Å². The summed E-state index contributed by atoms with van der Waals surface area (Å²) in [6.07, 6.45) is 2.54. The van der Waals surface area contributed by atoms with E-state index in [9.17, 15) is 19.8 Å². The third-order valence-electron chi connectivity index (χ3n) is 6.43. The third-order valence-corrected chi connectivity index (χ3v) is 7.51. The van der Waals surface area contributed by atoms with Gasteiger partial charge in [-0.1, -0.05) is 39.5 Å². The second kappa shape index (κ2) is 11.6. The number of carbonyl (C=O) groups is 2. The van der Waals surface area contributed by atoms with Gasteiger partial charge in [-0.15, -0.1) is 11.3 Å². The second-order valence-corrected chi connectivity index (χ2v) is 11.9. The Hall–Kier alpha value is -1.68. The quantitative estimate of drug-likeness (QED) is 0.382. The molecule has 1 amide bonds. The lowest BCUT2D eigenvalue weighted by atomic mass is 9.82. The van der Waals surface area contributed by atoms with Gasteiger partial charge in [0, 0.05) is 17.3 Å². The number of rotatable bonds is 8. The zero-order valence-electron chi connectivity index (χ0n) is 21.3. The van der Waals surface area contributed by atoms with Crippen LogP contribution in [-0.2, 0) is 9.59 Å². The molecule has 1 heterocycles. The highest BCUT2D eigenvalue weighted by Crippen LogP contribution is 2.37. The average Bonchev–Trinajstić information content (AvgIpc) is 3.15. The predicted octanol–water partition coefficient (Wildman–Crippen LogP) is 5.54. The molecule has 184 valence electrons. The van der Waals surface area contributed by atoms with Crippen molar-refractivity contribution in [2.24, 2.45) is 29.1 Å². The first kappa shape index (κ1) is 27.6. The summed E-state index contributed by atoms with van der Waals surface area (Å²) in [5.74, 6) is 6.67. The normalized spacial score (nSPS) is 19.8. The first-order valence-corrected chi connectivity index (χ1v) is 13.0. The van der Waals surface area contributed by atoms with Crippen LogP contribution >= 0.6 is 11.3 Å². The van der Waals surface area contributed by atoms with Gasteiger partial charge in [-0.2, -0.15) is 0 Å². The monoisotopic (exact) mass is 475 g/mol. The first-order valence-electron chi connectivity index (χ1n) is 12.2. The van der Waals surface area contributed by atoms with Crippen LogP contribution in [0.4, 0.5) is 5.69 Å². The Kier molecular flexibility index (Phi) is 9.72. The molecule has 2 rings (SSSR count). The van der Waals surface area contributed by atoms with Gasteiger partial charge in [0.15, 0.2) is 12.1 Å². The number of carbonyl (C=O) groups excluding carboxylic acids is 2. The molecule has 1 saturated carbocycles. The fraction of sp³-hybridized carbons (Fsp3) is 0.704. The van der Waals surface area contributed by atoms with E-state index in [1.807, 2.05) is 41.5 Å². The molecule has 1 aromatic rings. The van der Waals surface area contributed by atoms with Crippen LogP contribution in [0.25, 0.3) is 0 Å². The van der Waals surface area contributed by atoms with Gasteiger partial charge in [-0.3, -0.25) is 9.59 Å². The molecule has 0 spiro atoms. The van der Waals surface area contributed by atoms with Crippen molar-refractivity contribution < 1.29 is 19.8 Å². The summed E-state index contributed by atoms with van der Waals surface area (Å²) in [5.41, 5.74) is 0.196. The van der Waals surface area contributed by atoms with Gasteiger partial charge in [0.05, 0.1) is 22.0 Å². The molecule has 1 atom stereocenters. The van der Waals surface area contributed by atoms with Crippen LogP contribution < -0.4 is 4.90 Å². The summed E-state index contributed by atoms with van der Waals surface area (Å²) in [5, 5.41) is 20.2. The lowest BCUT2D eigenvalue weighted by Crippen LogP contribution is -2.43. The maximum atomic E-state index is 13.7. The molecular formula is C27H41NO4S. The molecule has 1 aliphatic rings. The minimum absolute atomic E-state index is 0.0110. The van der Waals surface area contributed by atoms with E-state index in [0.29, 0.717) is 22.9 Å². The predicted molar refractivity (Wildman–Crippen MR) is 135 cm³/mol. The molecule has 0 radical (unpaired) electrons. The van der Waals surface area contributed by atoms with Crippen LogP contribution in [0, 0.1) is 40.9 Å². The minimum atomic E-state index is -1.74. The van der Waals surface area contributed by atoms with Crippen molar-refractivity contribution in [3.8, 4) is 11.8 Å². The number of aliphatic hydroxyl groups is 2. The van der Waals surface area contributed by atoms with E-state index in [1.54, 1.807) is 6.07 Å². The zero-order valence-corrected chi connectivity index (χ0v) is 22.1. The van der Waals surface area contributed by atoms with Crippen molar-refractivity contribution in [1.82, 2.24) is 0 Å². The van der Waals surface area contributed by atoms with Crippen LogP contribution in [0.15, 0.2) is 6.07 Å². The van der Waals surface area contributed by atoms with Crippen molar-refractivity contribution in [3.05, 3.63) is 15.8 Å². The Bertz CT molecular complexity index is 876. The fourth-order valence-electron chi connectivity index (χ4n) is 4.46. The Morgan fingerprint density at radius 1 is 1.18 bits per heavy atom. The summed E-state index contributed by atoms with van der Waals surface area (Å²) in [4.78, 5) is 29.4. The summed E-state index contributed by atoms with van der Waals surface area (Å²) >= 11 is 1.17. The van der Waals surface area contributed by atoms with Gasteiger partial charge in [0.1, 0.15) is 0 Å². The van der Waals surface area contributed by atoms with E-state index in [2.05, 4.69) is 18.8 Å². The van der Waals surface area contributed by atoms with Gasteiger partial charge >= 0.3 is 0 Å². The van der Waals surface area contributed by atoms with Crippen LogP contribution in [0.1, 0.15) is 96.6 Å². The van der Waals surface area contributed by atoms with E-state index in [0.717, 1.165) is 25.7 Å². The molecular weight excluding hydrogens is 434 g/mol. The van der Waals surface area contributed by atoms with Crippen LogP contribution in [0.3, 0.4) is 0 Å². The molecule has 1 unspecified atom stereocenters. The first-order chi connectivity index (χ1) is 15.3. The average molecular weight is 476 g/mol. The number of nitrogens with zero attached hydrogens (tertiary/aromatic N) is 1. The smallest absolute Gasteiger partial charge is 0.230 e. The number of anilines is 1. The van der Waals surface area contributed by atoms with Crippen LogP contribution in [0.2, 0.25) is 0 Å². The molecule has 1 aromatic heterocycles. The number of amides is 1. The molecule has 33 heavy (non-hydrogen) atoms. The number of Topliss-reactive ketones (excluding diaryl/α,β-unsaturated/α-hetero) is 1. The number of aliphatic hydroxyl groups excluding tert-OH is 1. The highest BCUT2D eigenvalue weighted by molar-refractivity contribution is 7.13. The molecule has 5 nitrogen and oxygen atoms in total. The molecule has 0 aliphatic heterocycles. The lowest BCUT2D eigenvalue weighted by molar-refractivity contribution is -0.128. The second-order valence-electron chi connectivity index (χ2n) is 10.8. The van der Waals surface area contributed by atoms with E-state index in [1.165, 1.54) is 16.2 Å². The number of hydrogen-bond donors (Lipinski definition) is 2. The van der Waals surface area contributed by atoms with Crippen LogP contribution in [0.5, 0.6) is 0 Å². The Morgan fingerprint density at radius 3 is 2.27 bits per heavy atom. The Morgan fingerprint density at radius 2 is 1.79 bits per heavy atom. The maximum Gasteiger partial charge on any atom is 0.230 e. The fourth-order valence-corrected chi connectivity index (χ4v) is 5.34. The van der Waals surface area contributed by atoms with Crippen LogP contribution in [-0.4, -0.2) is 28.4 Å². The third kappa shape index (κ3) is 7.67. The van der Waals surface area contributed by atoms with Gasteiger partial charge < -0.3 is 15.1 Å². The Balaban J connectivity index is 2.49. The van der Waals surface area contributed by atoms with Crippen molar-refractivity contribution in [2.75, 3.05) is 11.4 Å². The van der Waals surface area contributed by atoms with Crippen molar-refractivity contribution in [3.63, 3.8) is 0 Å². The number of thiophene rings is 1. The molecule has 1 aliphatic carbocycles. The van der Waals surface area contributed by atoms with Gasteiger partial charge in [0.2, 0.25) is 5.91 Å². The molecule has 0 aromatic carbocycles. The van der Waals surface area contributed by atoms with Gasteiger partial charge in [-0.25, -0.2) is 0 Å². The summed E-state index contributed by atoms with van der Waals surface area (Å²) in [6.45, 7) is 14.2. The maximum absolute atomic E-state index is 13.7. The highest BCUT2D eigenvalue weighted by atomic mass is 32.1. The standard InChI is InChI=1S/C27H41NO4S/c1-8-21(17(2)3)23(29)16-28(25(30)19-11-9-18(4)10-12-19)22-15-20(13-14-27(5,6)7)33-24(22)26(31)32/h15,17-19,21,26,31-32H,8-12,16H2,1-7H3. The summed E-state index contributed by atoms with van der Waals surface area (Å²) in [6, 6.07) is 1.74. The minimum Gasteiger partial charge on any atom is -0.364 e. The van der Waals surface area contributed by atoms with Crippen molar-refractivity contribution in [1.29, 1.82) is 0 Å². The molecule has 0 bridgehead atoms. The summed E-state index contributed by atoms with van der Waals surface area (Å²) in [7, 11) is 0. The largest absolute Gasteiger partial charge is 0.364 e. The molecule has 6 heteroatoms. The molecule has 0 saturated heterocycles. The molecule has 1 fully saturated rings. The number of ketones is 1. The van der Waals surface area contributed by atoms with E-state index < -0.39 is 6.29 Å². The number of hydrogen-bond acceptors (Lipinski definition) is 5. The zero-order chi connectivity index (χ0) is 24.9.